The molecule has 14 heteroatoms. The van der Waals surface area contributed by atoms with Crippen LogP contribution in [0.3, 0.4) is 0 Å². The van der Waals surface area contributed by atoms with Crippen molar-refractivity contribution in [3.63, 3.8) is 0 Å². The minimum atomic E-state index is -1.84. The molecule has 4 atom stereocenters. The summed E-state index contributed by atoms with van der Waals surface area (Å²) in [6.45, 7) is 9.16. The topological polar surface area (TPSA) is 159 Å². The summed E-state index contributed by atoms with van der Waals surface area (Å²) in [6.07, 6.45) is 9.76. The van der Waals surface area contributed by atoms with Crippen molar-refractivity contribution in [2.45, 2.75) is 83.9 Å². The van der Waals surface area contributed by atoms with Crippen LogP contribution in [-0.2, 0) is 40.9 Å². The number of anilines is 1. The number of nitrogens with zero attached hydrogens (tertiary/aromatic N) is 3. The number of alkyl halides is 1. The van der Waals surface area contributed by atoms with Crippen LogP contribution in [0.2, 0.25) is 0 Å². The summed E-state index contributed by atoms with van der Waals surface area (Å²) < 4.78 is 47.9. The van der Waals surface area contributed by atoms with E-state index < -0.39 is 34.5 Å². The van der Waals surface area contributed by atoms with Gasteiger partial charge in [-0.15, -0.1) is 24.0 Å². The number of hydrogen-bond donors (Lipinski definition) is 2. The van der Waals surface area contributed by atoms with E-state index in [2.05, 4.69) is 44.1 Å². The second-order valence-electron chi connectivity index (χ2n) is 13.9. The number of aliphatic imine (C=N–C) groups is 1. The van der Waals surface area contributed by atoms with Crippen molar-refractivity contribution in [2.75, 3.05) is 52.1 Å². The summed E-state index contributed by atoms with van der Waals surface area (Å²) in [5.74, 6) is -0.671. The number of amides is 2. The van der Waals surface area contributed by atoms with E-state index in [-0.39, 0.29) is 52.7 Å². The summed E-state index contributed by atoms with van der Waals surface area (Å²) in [5, 5.41) is 0. The van der Waals surface area contributed by atoms with Crippen molar-refractivity contribution in [3.8, 4) is 5.75 Å². The number of fused-ring (bicyclic) bond motifs is 3. The molecule has 5 rings (SSSR count). The Bertz CT molecular complexity index is 1780. The van der Waals surface area contributed by atoms with Gasteiger partial charge in [-0.1, -0.05) is 68.9 Å². The first-order valence-electron chi connectivity index (χ1n) is 18.7. The standard InChI is InChI=1S/C33H42FN2O4S.C6H11N3O2.C2H6.HI/c1-22-10-12-27-25(17-22)9-6-16-33(27)20-36(3)29-18-26(11-14-31(29)40-21-33)32(37)35-41(38)19-23(2)28(34)13-15-30(39-4)24-7-5-8-24;1-9-3-4(5(7)10)6(8)11-2;1-2;/h10-15,17-18,23-24,28,30H,5-9,16,19-21H2,1-4H3;3H,8H2,1-2H3,(H2,7,10);1-2H3;1H/q-1;;;/b15-13+;6-4-,9-3?;;/t23-,28+,30+,33+;;;/m1.../s1. The average Bonchev–Trinajstić information content (AvgIpc) is 3.27. The predicted molar refractivity (Wildman–Crippen MR) is 231 cm³/mol. The predicted octanol–water partition coefficient (Wildman–Crippen LogP) is 7.36. The molecule has 2 aliphatic carbocycles. The zero-order chi connectivity index (χ0) is 40.0. The molecule has 11 nitrogen and oxygen atoms in total. The van der Waals surface area contributed by atoms with E-state index in [4.69, 9.17) is 20.9 Å². The van der Waals surface area contributed by atoms with Crippen molar-refractivity contribution >= 4 is 58.3 Å². The van der Waals surface area contributed by atoms with Gasteiger partial charge in [0.05, 0.1) is 25.5 Å². The number of ether oxygens (including phenoxy) is 3. The molecule has 2 aromatic carbocycles. The summed E-state index contributed by atoms with van der Waals surface area (Å²) in [5.41, 5.74) is 15.4. The molecule has 1 aliphatic heterocycles. The summed E-state index contributed by atoms with van der Waals surface area (Å²) >= 11 is 0. The lowest BCUT2D eigenvalue weighted by Gasteiger charge is -2.40. The summed E-state index contributed by atoms with van der Waals surface area (Å²) in [4.78, 5) is 29.3. The third kappa shape index (κ3) is 12.8. The Morgan fingerprint density at radius 2 is 1.84 bits per heavy atom. The van der Waals surface area contributed by atoms with Crippen molar-refractivity contribution in [1.82, 2.24) is 0 Å². The fourth-order valence-corrected chi connectivity index (χ4v) is 7.97. The van der Waals surface area contributed by atoms with Crippen molar-refractivity contribution in [1.29, 1.82) is 0 Å². The Labute approximate surface area is 345 Å². The second-order valence-corrected chi connectivity index (χ2v) is 15.1. The lowest BCUT2D eigenvalue weighted by atomic mass is 9.70. The van der Waals surface area contributed by atoms with Gasteiger partial charge in [-0.3, -0.25) is 14.6 Å². The van der Waals surface area contributed by atoms with Gasteiger partial charge >= 0.3 is 0 Å². The monoisotopic (exact) mass is 896 g/mol. The number of rotatable bonds is 11. The Balaban J connectivity index is 0.000000646. The van der Waals surface area contributed by atoms with Gasteiger partial charge < -0.3 is 39.1 Å². The molecule has 1 spiro atoms. The molecular formula is C41H60FIN5O6S-. The third-order valence-corrected chi connectivity index (χ3v) is 11.3. The molecule has 306 valence electrons. The van der Waals surface area contributed by atoms with Gasteiger partial charge in [0.25, 0.3) is 11.8 Å². The minimum Gasteiger partial charge on any atom is -0.490 e. The van der Waals surface area contributed by atoms with Crippen LogP contribution in [0, 0.1) is 18.8 Å². The first-order chi connectivity index (χ1) is 25.8. The van der Waals surface area contributed by atoms with Crippen LogP contribution in [0.1, 0.15) is 79.9 Å². The number of primary amides is 1. The van der Waals surface area contributed by atoms with Gasteiger partial charge in [-0.2, -0.15) is 10.6 Å². The fraction of sp³-hybridized carbons (Fsp3) is 0.537. The maximum atomic E-state index is 14.8. The maximum Gasteiger partial charge on any atom is 0.255 e. The Morgan fingerprint density at radius 3 is 2.44 bits per heavy atom. The molecule has 1 saturated carbocycles. The Kier molecular flexibility index (Phi) is 19.8. The van der Waals surface area contributed by atoms with Crippen LogP contribution in [0.5, 0.6) is 5.75 Å². The molecule has 0 radical (unpaired) electrons. The highest BCUT2D eigenvalue weighted by atomic mass is 127. The normalized spacial score (nSPS) is 20.3. The number of allylic oxidation sites excluding steroid dienone is 1. The van der Waals surface area contributed by atoms with Crippen LogP contribution in [-0.4, -0.2) is 77.5 Å². The molecule has 0 aromatic heterocycles. The fourth-order valence-electron chi connectivity index (χ4n) is 6.97. The molecule has 4 N–H and O–H groups in total. The van der Waals surface area contributed by atoms with Gasteiger partial charge in [0.1, 0.15) is 17.5 Å². The molecule has 2 amide bonds. The highest BCUT2D eigenvalue weighted by Crippen LogP contribution is 2.43. The second kappa shape index (κ2) is 22.9. The Morgan fingerprint density at radius 1 is 1.13 bits per heavy atom. The minimum absolute atomic E-state index is 0. The quantitative estimate of drug-likeness (QED) is 0.0592. The number of nitrogens with two attached hydrogens (primary N) is 2. The number of hydrogen-bond acceptors (Lipinski definition) is 10. The number of methoxy groups -OCH3 is 2. The zero-order valence-electron chi connectivity index (χ0n) is 33.5. The van der Waals surface area contributed by atoms with E-state index in [0.29, 0.717) is 18.1 Å². The Hall–Kier alpha value is -3.50. The highest BCUT2D eigenvalue weighted by Gasteiger charge is 2.41. The summed E-state index contributed by atoms with van der Waals surface area (Å²) in [7, 11) is 4.68. The van der Waals surface area contributed by atoms with E-state index in [1.54, 1.807) is 38.3 Å². The van der Waals surface area contributed by atoms with E-state index in [1.165, 1.54) is 49.6 Å². The smallest absolute Gasteiger partial charge is 0.255 e. The van der Waals surface area contributed by atoms with Crippen molar-refractivity contribution < 1.29 is 32.4 Å². The lowest BCUT2D eigenvalue weighted by molar-refractivity contribution is -0.114. The number of likely N-dealkylation sites (N-methyl/N-ethyl adjacent to an activating group) is 1. The lowest BCUT2D eigenvalue weighted by Crippen LogP contribution is -2.44. The molecule has 1 heterocycles. The molecule has 1 fully saturated rings. The van der Waals surface area contributed by atoms with Crippen molar-refractivity contribution in [2.24, 2.45) is 32.7 Å². The van der Waals surface area contributed by atoms with Gasteiger partial charge in [0, 0.05) is 44.9 Å². The van der Waals surface area contributed by atoms with Crippen LogP contribution < -0.4 is 21.1 Å². The number of carbonyl (C=O) groups is 2. The summed E-state index contributed by atoms with van der Waals surface area (Å²) in [6, 6.07) is 12.0. The van der Waals surface area contributed by atoms with Gasteiger partial charge in [0.15, 0.2) is 5.88 Å². The van der Waals surface area contributed by atoms with Gasteiger partial charge in [0.2, 0.25) is 0 Å². The van der Waals surface area contributed by atoms with E-state index in [1.807, 2.05) is 20.9 Å². The SMILES string of the molecule is CC.CN=C/C(C(N)=O)=C(\N)OC.CO[C@@H](/C=C/[C@H](F)[C@H](C)C[S-](=O)=NC(=O)c1ccc2c(c1)N(C)C[C@@]1(CCCc3cc(C)ccc31)CO2)C1CCC1.I. The molecule has 55 heavy (non-hydrogen) atoms. The molecule has 2 aromatic rings. The van der Waals surface area contributed by atoms with Crippen LogP contribution in [0.4, 0.5) is 10.1 Å². The number of halogens is 2. The zero-order valence-corrected chi connectivity index (χ0v) is 36.7. The largest absolute Gasteiger partial charge is 0.490 e. The molecule has 0 unspecified atom stereocenters. The first kappa shape index (κ1) is 47.7. The number of benzene rings is 2. The molecule has 0 saturated heterocycles. The number of aryl methyl sites for hydroxylation is 2. The van der Waals surface area contributed by atoms with Gasteiger partial charge in [-0.25, -0.2) is 4.39 Å². The number of carbonyl (C=O) groups excluding carboxylic acids is 2. The van der Waals surface area contributed by atoms with Crippen LogP contribution in [0.25, 0.3) is 0 Å². The molecule has 3 aliphatic rings. The first-order valence-corrected chi connectivity index (χ1v) is 19.9. The van der Waals surface area contributed by atoms with E-state index in [9.17, 15) is 18.2 Å². The molecule has 0 bridgehead atoms. The van der Waals surface area contributed by atoms with Gasteiger partial charge in [-0.05, 0) is 80.2 Å². The van der Waals surface area contributed by atoms with Crippen molar-refractivity contribution in [3.05, 3.63) is 82.3 Å². The van der Waals surface area contributed by atoms with E-state index >= 15 is 0 Å². The molecular weight excluding hydrogens is 836 g/mol. The third-order valence-electron chi connectivity index (χ3n) is 10.1. The van der Waals surface area contributed by atoms with Crippen LogP contribution in [0.15, 0.2) is 69.4 Å². The van der Waals surface area contributed by atoms with Crippen LogP contribution >= 0.6 is 24.0 Å². The highest BCUT2D eigenvalue weighted by molar-refractivity contribution is 14.0. The van der Waals surface area contributed by atoms with E-state index in [0.717, 1.165) is 50.1 Å². The maximum absolute atomic E-state index is 14.8. The average molecular weight is 897 g/mol.